The molecule has 2 aliphatic rings. The summed E-state index contributed by atoms with van der Waals surface area (Å²) in [6, 6.07) is 3.69. The van der Waals surface area contributed by atoms with Crippen LogP contribution in [0.1, 0.15) is 50.3 Å². The monoisotopic (exact) mass is 219 g/mol. The van der Waals surface area contributed by atoms with Crippen molar-refractivity contribution in [1.82, 2.24) is 15.1 Å². The number of hydrogen-bond acceptors (Lipinski definition) is 2. The number of nitrogens with zero attached hydrogens (tertiary/aromatic N) is 2. The van der Waals surface area contributed by atoms with E-state index in [0.29, 0.717) is 6.04 Å². The zero-order valence-electron chi connectivity index (χ0n) is 9.86. The molecule has 3 rings (SSSR count). The van der Waals surface area contributed by atoms with Gasteiger partial charge in [-0.3, -0.25) is 4.68 Å². The summed E-state index contributed by atoms with van der Waals surface area (Å²) in [6.45, 7) is 1.09. The maximum absolute atomic E-state index is 4.69. The van der Waals surface area contributed by atoms with Gasteiger partial charge < -0.3 is 5.32 Å². The van der Waals surface area contributed by atoms with Crippen LogP contribution in [0.2, 0.25) is 0 Å². The first-order valence-electron chi connectivity index (χ1n) is 6.69. The minimum Gasteiger partial charge on any atom is -0.314 e. The molecule has 0 radical (unpaired) electrons. The summed E-state index contributed by atoms with van der Waals surface area (Å²) < 4.78 is 2.19. The predicted octanol–water partition coefficient (Wildman–Crippen LogP) is 2.29. The second kappa shape index (κ2) is 4.58. The van der Waals surface area contributed by atoms with E-state index in [1.165, 1.54) is 44.2 Å². The van der Waals surface area contributed by atoms with Crippen molar-refractivity contribution >= 4 is 0 Å². The zero-order valence-corrected chi connectivity index (χ0v) is 9.86. The van der Waals surface area contributed by atoms with Crippen LogP contribution < -0.4 is 5.32 Å². The van der Waals surface area contributed by atoms with E-state index in [9.17, 15) is 0 Å². The quantitative estimate of drug-likeness (QED) is 0.823. The van der Waals surface area contributed by atoms with E-state index in [2.05, 4.69) is 27.4 Å². The van der Waals surface area contributed by atoms with E-state index in [-0.39, 0.29) is 0 Å². The Balaban J connectivity index is 1.50. The van der Waals surface area contributed by atoms with Gasteiger partial charge in [0.25, 0.3) is 0 Å². The molecule has 1 aromatic heterocycles. The fourth-order valence-corrected chi connectivity index (χ4v) is 2.57. The molecule has 3 heteroatoms. The minimum absolute atomic E-state index is 0.685. The molecule has 0 aliphatic heterocycles. The maximum Gasteiger partial charge on any atom is 0.0637 e. The van der Waals surface area contributed by atoms with Crippen LogP contribution in [-0.4, -0.2) is 22.4 Å². The Labute approximate surface area is 97.2 Å². The molecule has 2 saturated carbocycles. The van der Waals surface area contributed by atoms with Gasteiger partial charge in [0.05, 0.1) is 11.7 Å². The van der Waals surface area contributed by atoms with Crippen molar-refractivity contribution in [1.29, 1.82) is 0 Å². The molecular formula is C13H21N3. The van der Waals surface area contributed by atoms with Crippen molar-refractivity contribution in [3.63, 3.8) is 0 Å². The summed E-state index contributed by atoms with van der Waals surface area (Å²) in [5.41, 5.74) is 1.25. The predicted molar refractivity (Wildman–Crippen MR) is 64.5 cm³/mol. The molecule has 1 heterocycles. The van der Waals surface area contributed by atoms with Crippen LogP contribution in [0, 0.1) is 0 Å². The molecular weight excluding hydrogens is 198 g/mol. The molecule has 16 heavy (non-hydrogen) atoms. The van der Waals surface area contributed by atoms with Crippen LogP contribution >= 0.6 is 0 Å². The van der Waals surface area contributed by atoms with E-state index >= 15 is 0 Å². The van der Waals surface area contributed by atoms with Gasteiger partial charge in [-0.15, -0.1) is 0 Å². The SMILES string of the molecule is c1cn(C2CCCC2)nc1CCNC1CC1. The van der Waals surface area contributed by atoms with Gasteiger partial charge in [0.15, 0.2) is 0 Å². The lowest BCUT2D eigenvalue weighted by Gasteiger charge is -2.08. The van der Waals surface area contributed by atoms with Gasteiger partial charge in [-0.05, 0) is 31.7 Å². The van der Waals surface area contributed by atoms with Crippen molar-refractivity contribution in [2.24, 2.45) is 0 Å². The van der Waals surface area contributed by atoms with Crippen LogP contribution in [0.5, 0.6) is 0 Å². The Bertz CT molecular complexity index is 335. The molecule has 0 saturated heterocycles. The first-order valence-corrected chi connectivity index (χ1v) is 6.69. The molecule has 0 bridgehead atoms. The van der Waals surface area contributed by atoms with Gasteiger partial charge in [-0.1, -0.05) is 12.8 Å². The molecule has 0 unspecified atom stereocenters. The van der Waals surface area contributed by atoms with Crippen molar-refractivity contribution in [2.75, 3.05) is 6.54 Å². The van der Waals surface area contributed by atoms with E-state index in [1.807, 2.05) is 0 Å². The third-order valence-corrected chi connectivity index (χ3v) is 3.75. The van der Waals surface area contributed by atoms with Gasteiger partial charge >= 0.3 is 0 Å². The maximum atomic E-state index is 4.69. The number of rotatable bonds is 5. The molecule has 3 nitrogen and oxygen atoms in total. The lowest BCUT2D eigenvalue weighted by molar-refractivity contribution is 0.462. The fraction of sp³-hybridized carbons (Fsp3) is 0.769. The van der Waals surface area contributed by atoms with Crippen LogP contribution in [-0.2, 0) is 6.42 Å². The summed E-state index contributed by atoms with van der Waals surface area (Å²) in [4.78, 5) is 0. The van der Waals surface area contributed by atoms with Crippen LogP contribution in [0.15, 0.2) is 12.3 Å². The van der Waals surface area contributed by atoms with E-state index in [1.54, 1.807) is 0 Å². The summed E-state index contributed by atoms with van der Waals surface area (Å²) in [5.74, 6) is 0. The average molecular weight is 219 g/mol. The van der Waals surface area contributed by atoms with Gasteiger partial charge in [0.1, 0.15) is 0 Å². The average Bonchev–Trinajstić information content (AvgIpc) is 2.83. The van der Waals surface area contributed by atoms with Crippen molar-refractivity contribution in [3.05, 3.63) is 18.0 Å². The highest BCUT2D eigenvalue weighted by Gasteiger charge is 2.20. The van der Waals surface area contributed by atoms with Gasteiger partial charge in [0.2, 0.25) is 0 Å². The molecule has 1 N–H and O–H groups in total. The van der Waals surface area contributed by atoms with Crippen LogP contribution in [0.25, 0.3) is 0 Å². The zero-order chi connectivity index (χ0) is 10.8. The van der Waals surface area contributed by atoms with Crippen molar-refractivity contribution in [3.8, 4) is 0 Å². The number of nitrogens with one attached hydrogen (secondary N) is 1. The second-order valence-corrected chi connectivity index (χ2v) is 5.20. The largest absolute Gasteiger partial charge is 0.314 e. The van der Waals surface area contributed by atoms with E-state index in [4.69, 9.17) is 0 Å². The highest BCUT2D eigenvalue weighted by atomic mass is 15.3. The third kappa shape index (κ3) is 2.46. The minimum atomic E-state index is 0.685. The Kier molecular flexibility index (Phi) is 2.96. The Hall–Kier alpha value is -0.830. The first kappa shape index (κ1) is 10.3. The summed E-state index contributed by atoms with van der Waals surface area (Å²) >= 11 is 0. The smallest absolute Gasteiger partial charge is 0.0637 e. The number of aromatic nitrogens is 2. The molecule has 88 valence electrons. The Morgan fingerprint density at radius 1 is 1.25 bits per heavy atom. The van der Waals surface area contributed by atoms with Crippen LogP contribution in [0.4, 0.5) is 0 Å². The molecule has 1 aromatic rings. The lowest BCUT2D eigenvalue weighted by Crippen LogP contribution is -2.19. The van der Waals surface area contributed by atoms with E-state index in [0.717, 1.165) is 19.0 Å². The standard InChI is InChI=1S/C13H21N3/c1-2-4-13(3-1)16-10-8-12(15-16)7-9-14-11-5-6-11/h8,10-11,13-14H,1-7,9H2. The topological polar surface area (TPSA) is 29.9 Å². The molecule has 0 aromatic carbocycles. The fourth-order valence-electron chi connectivity index (χ4n) is 2.57. The normalized spacial score (nSPS) is 21.8. The van der Waals surface area contributed by atoms with E-state index < -0.39 is 0 Å². The summed E-state index contributed by atoms with van der Waals surface area (Å²) in [6.07, 6.45) is 11.4. The Morgan fingerprint density at radius 2 is 2.06 bits per heavy atom. The van der Waals surface area contributed by atoms with Gasteiger partial charge in [-0.2, -0.15) is 5.10 Å². The van der Waals surface area contributed by atoms with Crippen LogP contribution in [0.3, 0.4) is 0 Å². The second-order valence-electron chi connectivity index (χ2n) is 5.20. The molecule has 2 aliphatic carbocycles. The highest BCUT2D eigenvalue weighted by molar-refractivity contribution is 5.01. The lowest BCUT2D eigenvalue weighted by atomic mass is 10.3. The molecule has 0 amide bonds. The van der Waals surface area contributed by atoms with Gasteiger partial charge in [-0.25, -0.2) is 0 Å². The summed E-state index contributed by atoms with van der Waals surface area (Å²) in [7, 11) is 0. The summed E-state index contributed by atoms with van der Waals surface area (Å²) in [5, 5.41) is 8.22. The van der Waals surface area contributed by atoms with Crippen molar-refractivity contribution in [2.45, 2.75) is 57.0 Å². The Morgan fingerprint density at radius 3 is 2.81 bits per heavy atom. The van der Waals surface area contributed by atoms with Gasteiger partial charge in [0, 0.05) is 25.2 Å². The number of hydrogen-bond donors (Lipinski definition) is 1. The molecule has 0 atom stereocenters. The molecule has 0 spiro atoms. The van der Waals surface area contributed by atoms with Crippen molar-refractivity contribution < 1.29 is 0 Å². The molecule has 2 fully saturated rings. The highest BCUT2D eigenvalue weighted by Crippen LogP contribution is 2.28. The first-order chi connectivity index (χ1) is 7.92. The third-order valence-electron chi connectivity index (χ3n) is 3.75.